The van der Waals surface area contributed by atoms with Crippen LogP contribution >= 0.6 is 0 Å². The summed E-state index contributed by atoms with van der Waals surface area (Å²) < 4.78 is 23.6. The first-order valence-electron chi connectivity index (χ1n) is 4.79. The van der Waals surface area contributed by atoms with Gasteiger partial charge in [0.2, 0.25) is 0 Å². The standard InChI is InChI=1S/C11H16FNO2/c1-14-10(6-7-13)8-4-3-5-9(12)11(8)15-2/h3-5,10H,6-7,13H2,1-2H3. The fourth-order valence-corrected chi connectivity index (χ4v) is 1.55. The Kier molecular flexibility index (Phi) is 4.52. The number of methoxy groups -OCH3 is 2. The molecule has 0 aliphatic carbocycles. The molecule has 1 unspecified atom stereocenters. The average Bonchev–Trinajstić information content (AvgIpc) is 2.25. The number of rotatable bonds is 5. The molecule has 4 heteroatoms. The fraction of sp³-hybridized carbons (Fsp3) is 0.455. The molecule has 3 nitrogen and oxygen atoms in total. The molecule has 0 amide bonds. The Morgan fingerprint density at radius 3 is 2.67 bits per heavy atom. The Morgan fingerprint density at radius 1 is 1.40 bits per heavy atom. The van der Waals surface area contributed by atoms with Gasteiger partial charge in [-0.05, 0) is 19.0 Å². The Labute approximate surface area is 89.0 Å². The van der Waals surface area contributed by atoms with E-state index < -0.39 is 0 Å². The van der Waals surface area contributed by atoms with Crippen LogP contribution < -0.4 is 10.5 Å². The van der Waals surface area contributed by atoms with Gasteiger partial charge in [-0.15, -0.1) is 0 Å². The van der Waals surface area contributed by atoms with Gasteiger partial charge in [0.15, 0.2) is 11.6 Å². The van der Waals surface area contributed by atoms with E-state index in [-0.39, 0.29) is 17.7 Å². The summed E-state index contributed by atoms with van der Waals surface area (Å²) in [5, 5.41) is 0. The summed E-state index contributed by atoms with van der Waals surface area (Å²) in [7, 11) is 3.02. The van der Waals surface area contributed by atoms with Crippen LogP contribution in [0.25, 0.3) is 0 Å². The molecule has 0 heterocycles. The largest absolute Gasteiger partial charge is 0.493 e. The van der Waals surface area contributed by atoms with E-state index in [4.69, 9.17) is 15.2 Å². The average molecular weight is 213 g/mol. The molecule has 15 heavy (non-hydrogen) atoms. The third-order valence-electron chi connectivity index (χ3n) is 2.26. The Hall–Kier alpha value is -1.13. The molecule has 0 spiro atoms. The number of hydrogen-bond donors (Lipinski definition) is 1. The van der Waals surface area contributed by atoms with Crippen molar-refractivity contribution < 1.29 is 13.9 Å². The molecule has 1 atom stereocenters. The minimum Gasteiger partial charge on any atom is -0.493 e. The molecule has 84 valence electrons. The van der Waals surface area contributed by atoms with Gasteiger partial charge in [0.1, 0.15) is 0 Å². The van der Waals surface area contributed by atoms with Crippen LogP contribution in [0.4, 0.5) is 4.39 Å². The third kappa shape index (κ3) is 2.67. The normalized spacial score (nSPS) is 12.5. The zero-order valence-electron chi connectivity index (χ0n) is 9.00. The van der Waals surface area contributed by atoms with Gasteiger partial charge in [-0.25, -0.2) is 4.39 Å². The van der Waals surface area contributed by atoms with Crippen molar-refractivity contribution in [2.45, 2.75) is 12.5 Å². The summed E-state index contributed by atoms with van der Waals surface area (Å²) in [4.78, 5) is 0. The lowest BCUT2D eigenvalue weighted by molar-refractivity contribution is 0.0948. The maximum absolute atomic E-state index is 13.4. The van der Waals surface area contributed by atoms with Crippen molar-refractivity contribution in [1.29, 1.82) is 0 Å². The van der Waals surface area contributed by atoms with Crippen molar-refractivity contribution in [3.05, 3.63) is 29.6 Å². The summed E-state index contributed by atoms with van der Waals surface area (Å²) in [6.07, 6.45) is 0.414. The first-order chi connectivity index (χ1) is 7.24. The third-order valence-corrected chi connectivity index (χ3v) is 2.26. The summed E-state index contributed by atoms with van der Waals surface area (Å²) in [6, 6.07) is 4.78. The quantitative estimate of drug-likeness (QED) is 0.812. The lowest BCUT2D eigenvalue weighted by Crippen LogP contribution is -2.10. The Morgan fingerprint density at radius 2 is 2.13 bits per heavy atom. The molecule has 0 bridgehead atoms. The lowest BCUT2D eigenvalue weighted by Gasteiger charge is -2.17. The van der Waals surface area contributed by atoms with Gasteiger partial charge in [0.25, 0.3) is 0 Å². The van der Waals surface area contributed by atoms with Crippen LogP contribution in [0.3, 0.4) is 0 Å². The SMILES string of the molecule is COc1c(F)cccc1C(CCN)OC. The number of halogens is 1. The van der Waals surface area contributed by atoms with Gasteiger partial charge < -0.3 is 15.2 Å². The molecule has 0 aliphatic heterocycles. The summed E-state index contributed by atoms with van der Waals surface area (Å²) >= 11 is 0. The van der Waals surface area contributed by atoms with E-state index in [9.17, 15) is 4.39 Å². The van der Waals surface area contributed by atoms with Crippen LogP contribution in [0.1, 0.15) is 18.1 Å². The molecule has 1 aromatic carbocycles. The monoisotopic (exact) mass is 213 g/mol. The maximum Gasteiger partial charge on any atom is 0.165 e. The highest BCUT2D eigenvalue weighted by Crippen LogP contribution is 2.31. The topological polar surface area (TPSA) is 44.5 Å². The molecule has 0 fully saturated rings. The van der Waals surface area contributed by atoms with Crippen molar-refractivity contribution in [3.8, 4) is 5.75 Å². The molecule has 1 rings (SSSR count). The predicted molar refractivity (Wildman–Crippen MR) is 56.4 cm³/mol. The van der Waals surface area contributed by atoms with Gasteiger partial charge in [0, 0.05) is 12.7 Å². The van der Waals surface area contributed by atoms with E-state index in [1.165, 1.54) is 13.2 Å². The first kappa shape index (κ1) is 11.9. The number of nitrogens with two attached hydrogens (primary N) is 1. The number of benzene rings is 1. The van der Waals surface area contributed by atoms with Gasteiger partial charge in [-0.3, -0.25) is 0 Å². The van der Waals surface area contributed by atoms with E-state index in [0.29, 0.717) is 18.5 Å². The molecule has 0 aromatic heterocycles. The maximum atomic E-state index is 13.4. The molecule has 0 radical (unpaired) electrons. The second-order valence-electron chi connectivity index (χ2n) is 3.16. The zero-order chi connectivity index (χ0) is 11.3. The van der Waals surface area contributed by atoms with Crippen LogP contribution in [0, 0.1) is 5.82 Å². The highest BCUT2D eigenvalue weighted by Gasteiger charge is 2.17. The molecule has 0 aliphatic rings. The Bertz CT molecular complexity index is 317. The predicted octanol–water partition coefficient (Wildman–Crippen LogP) is 1.87. The molecule has 1 aromatic rings. The van der Waals surface area contributed by atoms with Crippen molar-refractivity contribution in [1.82, 2.24) is 0 Å². The van der Waals surface area contributed by atoms with E-state index in [1.807, 2.05) is 0 Å². The Balaban J connectivity index is 3.04. The lowest BCUT2D eigenvalue weighted by atomic mass is 10.1. The molecule has 0 saturated carbocycles. The van der Waals surface area contributed by atoms with E-state index in [0.717, 1.165) is 0 Å². The number of hydrogen-bond acceptors (Lipinski definition) is 3. The van der Waals surface area contributed by atoms with Crippen molar-refractivity contribution in [2.75, 3.05) is 20.8 Å². The second-order valence-corrected chi connectivity index (χ2v) is 3.16. The summed E-state index contributed by atoms with van der Waals surface area (Å²) in [5.74, 6) is -0.146. The highest BCUT2D eigenvalue weighted by atomic mass is 19.1. The van der Waals surface area contributed by atoms with Crippen LogP contribution in [-0.2, 0) is 4.74 Å². The van der Waals surface area contributed by atoms with Crippen molar-refractivity contribution in [2.24, 2.45) is 5.73 Å². The smallest absolute Gasteiger partial charge is 0.165 e. The van der Waals surface area contributed by atoms with Crippen LogP contribution in [0.5, 0.6) is 5.75 Å². The fourth-order valence-electron chi connectivity index (χ4n) is 1.55. The van der Waals surface area contributed by atoms with Crippen LogP contribution in [0.15, 0.2) is 18.2 Å². The van der Waals surface area contributed by atoms with Crippen LogP contribution in [-0.4, -0.2) is 20.8 Å². The van der Waals surface area contributed by atoms with Gasteiger partial charge in [0.05, 0.1) is 13.2 Å². The molecular weight excluding hydrogens is 197 g/mol. The van der Waals surface area contributed by atoms with Crippen LogP contribution in [0.2, 0.25) is 0 Å². The number of para-hydroxylation sites is 1. The summed E-state index contributed by atoms with van der Waals surface area (Å²) in [5.41, 5.74) is 6.16. The first-order valence-corrected chi connectivity index (χ1v) is 4.79. The number of ether oxygens (including phenoxy) is 2. The molecule has 2 N–H and O–H groups in total. The van der Waals surface area contributed by atoms with Gasteiger partial charge >= 0.3 is 0 Å². The zero-order valence-corrected chi connectivity index (χ0v) is 9.00. The second kappa shape index (κ2) is 5.68. The van der Waals surface area contributed by atoms with Gasteiger partial charge in [-0.2, -0.15) is 0 Å². The van der Waals surface area contributed by atoms with Gasteiger partial charge in [-0.1, -0.05) is 12.1 Å². The van der Waals surface area contributed by atoms with E-state index >= 15 is 0 Å². The highest BCUT2D eigenvalue weighted by molar-refractivity contribution is 5.36. The minimum absolute atomic E-state index is 0.222. The summed E-state index contributed by atoms with van der Waals surface area (Å²) in [6.45, 7) is 0.484. The van der Waals surface area contributed by atoms with Crippen molar-refractivity contribution >= 4 is 0 Å². The van der Waals surface area contributed by atoms with E-state index in [2.05, 4.69) is 0 Å². The van der Waals surface area contributed by atoms with Crippen molar-refractivity contribution in [3.63, 3.8) is 0 Å². The molecular formula is C11H16FNO2. The van der Waals surface area contributed by atoms with E-state index in [1.54, 1.807) is 19.2 Å². The minimum atomic E-state index is -0.380. The molecule has 0 saturated heterocycles.